The summed E-state index contributed by atoms with van der Waals surface area (Å²) in [4.78, 5) is 2.37. The zero-order valence-electron chi connectivity index (χ0n) is 10.9. The fraction of sp³-hybridized carbons (Fsp3) is 0.533. The van der Waals surface area contributed by atoms with Gasteiger partial charge in [-0.1, -0.05) is 24.3 Å². The summed E-state index contributed by atoms with van der Waals surface area (Å²) in [6, 6.07) is 10.9. The highest BCUT2D eigenvalue weighted by atomic mass is 15.1. The van der Waals surface area contributed by atoms with E-state index in [2.05, 4.69) is 42.3 Å². The Balaban J connectivity index is 2.17. The van der Waals surface area contributed by atoms with E-state index in [1.54, 1.807) is 0 Å². The Morgan fingerprint density at radius 3 is 2.41 bits per heavy atom. The molecule has 1 unspecified atom stereocenters. The molecule has 0 amide bonds. The number of likely N-dealkylation sites (N-methyl/N-ethyl adjacent to an activating group) is 1. The van der Waals surface area contributed by atoms with Crippen LogP contribution in [0.5, 0.6) is 0 Å². The van der Waals surface area contributed by atoms with Gasteiger partial charge in [0.1, 0.15) is 0 Å². The van der Waals surface area contributed by atoms with Gasteiger partial charge < -0.3 is 4.90 Å². The second-order valence-electron chi connectivity index (χ2n) is 5.61. The van der Waals surface area contributed by atoms with Gasteiger partial charge in [-0.3, -0.25) is 0 Å². The topological polar surface area (TPSA) is 27.0 Å². The van der Waals surface area contributed by atoms with Gasteiger partial charge in [0.05, 0.1) is 11.5 Å². The molecule has 1 fully saturated rings. The second-order valence-corrected chi connectivity index (χ2v) is 5.61. The van der Waals surface area contributed by atoms with Crippen molar-refractivity contribution in [3.63, 3.8) is 0 Å². The SMILES string of the molecule is CN1CCC(c2ccc(C(C)(C)C#N)cc2)C1. The molecule has 1 atom stereocenters. The first-order chi connectivity index (χ1) is 8.03. The number of nitriles is 1. The minimum Gasteiger partial charge on any atom is -0.306 e. The predicted molar refractivity (Wildman–Crippen MR) is 69.9 cm³/mol. The van der Waals surface area contributed by atoms with Gasteiger partial charge in [-0.25, -0.2) is 0 Å². The maximum atomic E-state index is 9.11. The van der Waals surface area contributed by atoms with Gasteiger partial charge in [-0.2, -0.15) is 5.26 Å². The zero-order valence-corrected chi connectivity index (χ0v) is 10.9. The molecule has 0 radical (unpaired) electrons. The van der Waals surface area contributed by atoms with Gasteiger partial charge in [0, 0.05) is 6.54 Å². The number of likely N-dealkylation sites (tertiary alicyclic amines) is 1. The molecule has 1 aromatic rings. The van der Waals surface area contributed by atoms with E-state index < -0.39 is 0 Å². The molecule has 2 nitrogen and oxygen atoms in total. The average Bonchev–Trinajstić information content (AvgIpc) is 2.76. The van der Waals surface area contributed by atoms with Crippen LogP contribution in [0.2, 0.25) is 0 Å². The average molecular weight is 228 g/mol. The summed E-state index contributed by atoms with van der Waals surface area (Å²) in [7, 11) is 2.17. The van der Waals surface area contributed by atoms with Crippen molar-refractivity contribution in [2.75, 3.05) is 20.1 Å². The van der Waals surface area contributed by atoms with Gasteiger partial charge in [0.25, 0.3) is 0 Å². The fourth-order valence-electron chi connectivity index (χ4n) is 2.44. The third kappa shape index (κ3) is 2.50. The molecule has 0 saturated carbocycles. The third-order valence-electron chi connectivity index (χ3n) is 3.77. The number of benzene rings is 1. The number of hydrogen-bond acceptors (Lipinski definition) is 2. The Morgan fingerprint density at radius 1 is 1.29 bits per heavy atom. The van der Waals surface area contributed by atoms with Crippen molar-refractivity contribution < 1.29 is 0 Å². The minimum atomic E-state index is -0.384. The fourth-order valence-corrected chi connectivity index (χ4v) is 2.44. The quantitative estimate of drug-likeness (QED) is 0.778. The summed E-state index contributed by atoms with van der Waals surface area (Å²) < 4.78 is 0. The number of nitrogens with zero attached hydrogens (tertiary/aromatic N) is 2. The van der Waals surface area contributed by atoms with Crippen LogP contribution in [0, 0.1) is 11.3 Å². The third-order valence-corrected chi connectivity index (χ3v) is 3.77. The van der Waals surface area contributed by atoms with E-state index in [9.17, 15) is 0 Å². The van der Waals surface area contributed by atoms with Crippen LogP contribution in [0.3, 0.4) is 0 Å². The predicted octanol–water partition coefficient (Wildman–Crippen LogP) is 2.91. The monoisotopic (exact) mass is 228 g/mol. The Hall–Kier alpha value is -1.33. The molecule has 0 bridgehead atoms. The van der Waals surface area contributed by atoms with E-state index in [1.165, 1.54) is 18.5 Å². The summed E-state index contributed by atoms with van der Waals surface area (Å²) in [5.74, 6) is 0.666. The van der Waals surface area contributed by atoms with E-state index in [0.29, 0.717) is 5.92 Å². The Morgan fingerprint density at radius 2 is 1.94 bits per heavy atom. The second kappa shape index (κ2) is 4.50. The summed E-state index contributed by atoms with van der Waals surface area (Å²) in [6.45, 7) is 6.27. The van der Waals surface area contributed by atoms with Crippen LogP contribution in [0.1, 0.15) is 37.3 Å². The molecule has 0 spiro atoms. The Bertz CT molecular complexity index is 425. The lowest BCUT2D eigenvalue weighted by atomic mass is 9.85. The maximum Gasteiger partial charge on any atom is 0.0766 e. The molecular weight excluding hydrogens is 208 g/mol. The molecule has 17 heavy (non-hydrogen) atoms. The van der Waals surface area contributed by atoms with Gasteiger partial charge in [0.15, 0.2) is 0 Å². The molecule has 1 aliphatic rings. The van der Waals surface area contributed by atoms with Crippen LogP contribution in [-0.4, -0.2) is 25.0 Å². The van der Waals surface area contributed by atoms with Crippen molar-refractivity contribution in [3.05, 3.63) is 35.4 Å². The van der Waals surface area contributed by atoms with Gasteiger partial charge in [-0.05, 0) is 50.9 Å². The molecule has 0 N–H and O–H groups in total. The summed E-state index contributed by atoms with van der Waals surface area (Å²) in [5.41, 5.74) is 2.13. The largest absolute Gasteiger partial charge is 0.306 e. The minimum absolute atomic E-state index is 0.384. The lowest BCUT2D eigenvalue weighted by Crippen LogP contribution is -2.15. The molecular formula is C15H20N2. The maximum absolute atomic E-state index is 9.11. The van der Waals surface area contributed by atoms with E-state index in [-0.39, 0.29) is 5.41 Å². The first kappa shape index (κ1) is 12.1. The highest BCUT2D eigenvalue weighted by Gasteiger charge is 2.23. The molecule has 0 aliphatic carbocycles. The Kier molecular flexibility index (Phi) is 3.22. The van der Waals surface area contributed by atoms with Gasteiger partial charge >= 0.3 is 0 Å². The molecule has 1 saturated heterocycles. The number of hydrogen-bond donors (Lipinski definition) is 0. The van der Waals surface area contributed by atoms with E-state index in [1.807, 2.05) is 13.8 Å². The first-order valence-electron chi connectivity index (χ1n) is 6.23. The van der Waals surface area contributed by atoms with Crippen molar-refractivity contribution in [3.8, 4) is 6.07 Å². The standard InChI is InChI=1S/C15H20N2/c1-15(2,11-16)14-6-4-12(5-7-14)13-8-9-17(3)10-13/h4-7,13H,8-10H2,1-3H3. The lowest BCUT2D eigenvalue weighted by molar-refractivity contribution is 0.411. The van der Waals surface area contributed by atoms with Crippen LogP contribution >= 0.6 is 0 Å². The van der Waals surface area contributed by atoms with Crippen LogP contribution in [0.25, 0.3) is 0 Å². The first-order valence-corrected chi connectivity index (χ1v) is 6.23. The van der Waals surface area contributed by atoms with Crippen molar-refractivity contribution in [1.82, 2.24) is 4.90 Å². The molecule has 0 aromatic heterocycles. The molecule has 90 valence electrons. The van der Waals surface area contributed by atoms with Gasteiger partial charge in [0.2, 0.25) is 0 Å². The summed E-state index contributed by atoms with van der Waals surface area (Å²) >= 11 is 0. The lowest BCUT2D eigenvalue weighted by Gasteiger charge is -2.17. The Labute approximate surface area is 104 Å². The highest BCUT2D eigenvalue weighted by Crippen LogP contribution is 2.28. The smallest absolute Gasteiger partial charge is 0.0766 e. The van der Waals surface area contributed by atoms with Crippen molar-refractivity contribution in [2.45, 2.75) is 31.6 Å². The van der Waals surface area contributed by atoms with Crippen LogP contribution in [0.15, 0.2) is 24.3 Å². The summed E-state index contributed by atoms with van der Waals surface area (Å²) in [5, 5.41) is 9.11. The van der Waals surface area contributed by atoms with E-state index in [4.69, 9.17) is 5.26 Å². The molecule has 1 aromatic carbocycles. The molecule has 1 heterocycles. The molecule has 1 aliphatic heterocycles. The van der Waals surface area contributed by atoms with Crippen molar-refractivity contribution in [1.29, 1.82) is 5.26 Å². The van der Waals surface area contributed by atoms with E-state index >= 15 is 0 Å². The molecule has 2 rings (SSSR count). The molecule has 2 heteroatoms. The zero-order chi connectivity index (χ0) is 12.5. The number of rotatable bonds is 2. The summed E-state index contributed by atoms with van der Waals surface area (Å²) in [6.07, 6.45) is 1.25. The van der Waals surface area contributed by atoms with Crippen LogP contribution in [-0.2, 0) is 5.41 Å². The van der Waals surface area contributed by atoms with Crippen molar-refractivity contribution >= 4 is 0 Å². The highest BCUT2D eigenvalue weighted by molar-refractivity contribution is 5.34. The van der Waals surface area contributed by atoms with Crippen molar-refractivity contribution in [2.24, 2.45) is 0 Å². The van der Waals surface area contributed by atoms with Gasteiger partial charge in [-0.15, -0.1) is 0 Å². The van der Waals surface area contributed by atoms with Crippen LogP contribution in [0.4, 0.5) is 0 Å². The normalized spacial score (nSPS) is 21.4. The van der Waals surface area contributed by atoms with E-state index in [0.717, 1.165) is 12.1 Å². The van der Waals surface area contributed by atoms with Crippen LogP contribution < -0.4 is 0 Å².